The molecule has 1 unspecified atom stereocenters. The molecule has 0 bridgehead atoms. The third kappa shape index (κ3) is 3.14. The lowest BCUT2D eigenvalue weighted by Crippen LogP contribution is -2.42. The van der Waals surface area contributed by atoms with E-state index >= 15 is 0 Å². The van der Waals surface area contributed by atoms with E-state index in [9.17, 15) is 4.79 Å². The van der Waals surface area contributed by atoms with Gasteiger partial charge < -0.3 is 5.73 Å². The maximum atomic E-state index is 11.9. The zero-order chi connectivity index (χ0) is 12.5. The fraction of sp³-hybridized carbons (Fsp3) is 0.500. The Morgan fingerprint density at radius 1 is 1.53 bits per heavy atom. The third-order valence-electron chi connectivity index (χ3n) is 3.28. The van der Waals surface area contributed by atoms with Crippen LogP contribution in [0.4, 0.5) is 0 Å². The van der Waals surface area contributed by atoms with Crippen LogP contribution in [-0.2, 0) is 6.54 Å². The highest BCUT2D eigenvalue weighted by atomic mass is 35.5. The van der Waals surface area contributed by atoms with Crippen LogP contribution in [0.5, 0.6) is 0 Å². The Bertz CT molecular complexity index is 611. The van der Waals surface area contributed by atoms with Gasteiger partial charge in [0.15, 0.2) is 4.96 Å². The van der Waals surface area contributed by atoms with Gasteiger partial charge in [-0.2, -0.15) is 0 Å². The van der Waals surface area contributed by atoms with Gasteiger partial charge in [-0.05, 0) is 19.4 Å². The Kier molecular flexibility index (Phi) is 4.57. The molecule has 7 heteroatoms. The molecule has 0 aromatic carbocycles. The molecule has 0 radical (unpaired) electrons. The topological polar surface area (TPSA) is 63.6 Å². The molecule has 0 aliphatic carbocycles. The molecule has 0 spiro atoms. The number of nitrogens with zero attached hydrogens (tertiary/aromatic N) is 3. The molecular weight excluding hydrogens is 284 g/mol. The van der Waals surface area contributed by atoms with E-state index in [0.29, 0.717) is 0 Å². The van der Waals surface area contributed by atoms with Gasteiger partial charge in [-0.1, -0.05) is 0 Å². The van der Waals surface area contributed by atoms with Crippen LogP contribution in [0.3, 0.4) is 0 Å². The molecule has 0 amide bonds. The highest BCUT2D eigenvalue weighted by Gasteiger charge is 2.17. The Hall–Kier alpha value is -0.950. The van der Waals surface area contributed by atoms with Crippen molar-refractivity contribution in [2.75, 3.05) is 13.1 Å². The molecule has 104 valence electrons. The first-order valence-electron chi connectivity index (χ1n) is 6.16. The van der Waals surface area contributed by atoms with Gasteiger partial charge in [0.1, 0.15) is 0 Å². The first-order chi connectivity index (χ1) is 8.72. The van der Waals surface area contributed by atoms with Crippen molar-refractivity contribution in [2.24, 2.45) is 5.73 Å². The van der Waals surface area contributed by atoms with Crippen molar-refractivity contribution >= 4 is 28.7 Å². The fourth-order valence-corrected chi connectivity index (χ4v) is 3.17. The molecule has 2 aromatic heterocycles. The first kappa shape index (κ1) is 14.5. The minimum atomic E-state index is -0.00226. The van der Waals surface area contributed by atoms with Gasteiger partial charge in [-0.3, -0.25) is 14.1 Å². The van der Waals surface area contributed by atoms with Crippen molar-refractivity contribution < 1.29 is 0 Å². The Labute approximate surface area is 121 Å². The van der Waals surface area contributed by atoms with Crippen LogP contribution in [-0.4, -0.2) is 33.4 Å². The number of hydrogen-bond acceptors (Lipinski definition) is 5. The van der Waals surface area contributed by atoms with E-state index in [1.807, 2.05) is 5.38 Å². The van der Waals surface area contributed by atoms with Gasteiger partial charge in [-0.15, -0.1) is 23.7 Å². The van der Waals surface area contributed by atoms with Gasteiger partial charge in [0, 0.05) is 36.8 Å². The highest BCUT2D eigenvalue weighted by molar-refractivity contribution is 7.15. The van der Waals surface area contributed by atoms with Gasteiger partial charge in [0.2, 0.25) is 0 Å². The van der Waals surface area contributed by atoms with Crippen molar-refractivity contribution in [3.8, 4) is 0 Å². The van der Waals surface area contributed by atoms with Crippen LogP contribution in [0, 0.1) is 0 Å². The number of nitrogens with two attached hydrogens (primary N) is 1. The molecule has 19 heavy (non-hydrogen) atoms. The largest absolute Gasteiger partial charge is 0.327 e. The summed E-state index contributed by atoms with van der Waals surface area (Å²) in [4.78, 5) is 19.4. The zero-order valence-electron chi connectivity index (χ0n) is 10.5. The summed E-state index contributed by atoms with van der Waals surface area (Å²) in [7, 11) is 0. The van der Waals surface area contributed by atoms with Crippen LogP contribution in [0.25, 0.3) is 4.96 Å². The molecule has 1 saturated heterocycles. The monoisotopic (exact) mass is 300 g/mol. The molecule has 1 aliphatic heterocycles. The predicted molar refractivity (Wildman–Crippen MR) is 79.1 cm³/mol. The molecular formula is C12H17ClN4OS. The highest BCUT2D eigenvalue weighted by Crippen LogP contribution is 2.12. The zero-order valence-corrected chi connectivity index (χ0v) is 12.1. The van der Waals surface area contributed by atoms with Gasteiger partial charge in [-0.25, -0.2) is 4.98 Å². The second kappa shape index (κ2) is 6.00. The van der Waals surface area contributed by atoms with E-state index in [0.717, 1.165) is 43.1 Å². The summed E-state index contributed by atoms with van der Waals surface area (Å²) in [6.07, 6.45) is 3.98. The second-order valence-electron chi connectivity index (χ2n) is 4.78. The summed E-state index contributed by atoms with van der Waals surface area (Å²) in [6.45, 7) is 2.65. The van der Waals surface area contributed by atoms with E-state index in [4.69, 9.17) is 5.73 Å². The standard InChI is InChI=1S/C12H16N4OS.ClH/c13-9-2-1-3-15(7-9)8-10-6-11(17)16-4-5-18-12(16)14-10;/h4-6,9H,1-3,7-8,13H2;1H. The summed E-state index contributed by atoms with van der Waals surface area (Å²) in [6, 6.07) is 1.88. The van der Waals surface area contributed by atoms with E-state index in [1.54, 1.807) is 16.7 Å². The maximum Gasteiger partial charge on any atom is 0.258 e. The number of fused-ring (bicyclic) bond motifs is 1. The van der Waals surface area contributed by atoms with Crippen molar-refractivity contribution in [2.45, 2.75) is 25.4 Å². The second-order valence-corrected chi connectivity index (χ2v) is 5.65. The fourth-order valence-electron chi connectivity index (χ4n) is 2.43. The van der Waals surface area contributed by atoms with Gasteiger partial charge in [0.05, 0.1) is 5.69 Å². The molecule has 3 heterocycles. The molecule has 5 nitrogen and oxygen atoms in total. The average molecular weight is 301 g/mol. The lowest BCUT2D eigenvalue weighted by Gasteiger charge is -2.30. The smallest absolute Gasteiger partial charge is 0.258 e. The lowest BCUT2D eigenvalue weighted by atomic mass is 10.1. The first-order valence-corrected chi connectivity index (χ1v) is 7.04. The third-order valence-corrected chi connectivity index (χ3v) is 4.04. The van der Waals surface area contributed by atoms with E-state index in [2.05, 4.69) is 9.88 Å². The minimum Gasteiger partial charge on any atom is -0.327 e. The van der Waals surface area contributed by atoms with E-state index < -0.39 is 0 Å². The minimum absolute atomic E-state index is 0. The summed E-state index contributed by atoms with van der Waals surface area (Å²) < 4.78 is 1.58. The van der Waals surface area contributed by atoms with Crippen molar-refractivity contribution in [1.82, 2.24) is 14.3 Å². The van der Waals surface area contributed by atoms with Crippen molar-refractivity contribution in [1.29, 1.82) is 0 Å². The maximum absolute atomic E-state index is 11.9. The molecule has 2 N–H and O–H groups in total. The summed E-state index contributed by atoms with van der Waals surface area (Å²) in [5, 5.41) is 1.88. The van der Waals surface area contributed by atoms with E-state index in [1.165, 1.54) is 11.3 Å². The number of aromatic nitrogens is 2. The number of rotatable bonds is 2. The SMILES string of the molecule is Cl.NC1CCCN(Cc2cc(=O)n3ccsc3n2)C1. The molecule has 0 saturated carbocycles. The lowest BCUT2D eigenvalue weighted by molar-refractivity contribution is 0.199. The summed E-state index contributed by atoms with van der Waals surface area (Å²) >= 11 is 1.49. The van der Waals surface area contributed by atoms with Crippen molar-refractivity contribution in [3.63, 3.8) is 0 Å². The van der Waals surface area contributed by atoms with Crippen LogP contribution < -0.4 is 11.3 Å². The van der Waals surface area contributed by atoms with Crippen LogP contribution >= 0.6 is 23.7 Å². The quantitative estimate of drug-likeness (QED) is 0.902. The summed E-state index contributed by atoms with van der Waals surface area (Å²) in [5.74, 6) is 0. The number of hydrogen-bond donors (Lipinski definition) is 1. The van der Waals surface area contributed by atoms with Gasteiger partial charge in [0.25, 0.3) is 5.56 Å². The number of thiazole rings is 1. The van der Waals surface area contributed by atoms with Crippen LogP contribution in [0.15, 0.2) is 22.4 Å². The van der Waals surface area contributed by atoms with Gasteiger partial charge >= 0.3 is 0 Å². The van der Waals surface area contributed by atoms with E-state index in [-0.39, 0.29) is 24.0 Å². The summed E-state index contributed by atoms with van der Waals surface area (Å²) in [5.41, 5.74) is 6.80. The Balaban J connectivity index is 0.00000133. The average Bonchev–Trinajstić information content (AvgIpc) is 2.77. The molecule has 2 aromatic rings. The van der Waals surface area contributed by atoms with Crippen LogP contribution in [0.2, 0.25) is 0 Å². The van der Waals surface area contributed by atoms with Crippen LogP contribution in [0.1, 0.15) is 18.5 Å². The molecule has 1 atom stereocenters. The normalized spacial score (nSPS) is 20.4. The predicted octanol–water partition coefficient (Wildman–Crippen LogP) is 1.10. The number of likely N-dealkylation sites (tertiary alicyclic amines) is 1. The van der Waals surface area contributed by atoms with Crippen molar-refractivity contribution in [3.05, 3.63) is 33.7 Å². The number of piperidine rings is 1. The molecule has 1 aliphatic rings. The molecule has 1 fully saturated rings. The number of halogens is 1. The molecule has 3 rings (SSSR count). The Morgan fingerprint density at radius 3 is 3.16 bits per heavy atom. The Morgan fingerprint density at radius 2 is 2.37 bits per heavy atom.